The van der Waals surface area contributed by atoms with E-state index in [4.69, 9.17) is 4.74 Å². The summed E-state index contributed by atoms with van der Waals surface area (Å²) in [5.41, 5.74) is 0.339. The van der Waals surface area contributed by atoms with Crippen LogP contribution in [-0.4, -0.2) is 12.2 Å². The van der Waals surface area contributed by atoms with Gasteiger partial charge in [-0.15, -0.1) is 0 Å². The first-order valence-electron chi connectivity index (χ1n) is 5.98. The second kappa shape index (κ2) is 6.33. The molecule has 0 aromatic heterocycles. The first-order valence-corrected chi connectivity index (χ1v) is 6.77. The van der Waals surface area contributed by atoms with Crippen LogP contribution in [0.4, 0.5) is 8.78 Å². The van der Waals surface area contributed by atoms with Gasteiger partial charge in [0.15, 0.2) is 0 Å². The van der Waals surface area contributed by atoms with Gasteiger partial charge in [0.1, 0.15) is 17.4 Å². The highest BCUT2D eigenvalue weighted by Crippen LogP contribution is 2.30. The molecular weight excluding hydrogens is 330 g/mol. The molecule has 2 rings (SSSR count). The molecule has 2 aromatic carbocycles. The second-order valence-electron chi connectivity index (χ2n) is 4.29. The Labute approximate surface area is 124 Å². The van der Waals surface area contributed by atoms with Crippen LogP contribution in [0.2, 0.25) is 0 Å². The maximum Gasteiger partial charge on any atom is 0.146 e. The van der Waals surface area contributed by atoms with E-state index < -0.39 is 17.7 Å². The van der Waals surface area contributed by atoms with E-state index in [9.17, 15) is 13.9 Å². The highest BCUT2D eigenvalue weighted by Gasteiger charge is 2.21. The molecule has 0 saturated heterocycles. The van der Waals surface area contributed by atoms with Crippen LogP contribution in [-0.2, 0) is 6.42 Å². The van der Waals surface area contributed by atoms with Crippen LogP contribution >= 0.6 is 15.9 Å². The van der Waals surface area contributed by atoms with E-state index >= 15 is 0 Å². The fourth-order valence-corrected chi connectivity index (χ4v) is 2.38. The highest BCUT2D eigenvalue weighted by atomic mass is 79.9. The standard InChI is InChI=1S/C15H13BrF2O2/c1-20-13-5-3-2-4-9(13)8-12(19)14-11(17)7-6-10(16)15(14)18/h2-7,12,19H,8H2,1H3. The number of rotatable bonds is 4. The minimum atomic E-state index is -1.29. The van der Waals surface area contributed by atoms with Crippen LogP contribution < -0.4 is 4.74 Å². The van der Waals surface area contributed by atoms with E-state index in [1.807, 2.05) is 0 Å². The van der Waals surface area contributed by atoms with Crippen molar-refractivity contribution in [2.45, 2.75) is 12.5 Å². The summed E-state index contributed by atoms with van der Waals surface area (Å²) in [4.78, 5) is 0. The smallest absolute Gasteiger partial charge is 0.146 e. The number of benzene rings is 2. The molecule has 0 saturated carbocycles. The Morgan fingerprint density at radius 3 is 2.60 bits per heavy atom. The van der Waals surface area contributed by atoms with Crippen molar-refractivity contribution in [3.05, 3.63) is 63.6 Å². The Bertz CT molecular complexity index is 617. The lowest BCUT2D eigenvalue weighted by Gasteiger charge is -2.15. The van der Waals surface area contributed by atoms with Crippen molar-refractivity contribution in [2.24, 2.45) is 0 Å². The SMILES string of the molecule is COc1ccccc1CC(O)c1c(F)ccc(Br)c1F. The molecule has 0 aliphatic heterocycles. The average Bonchev–Trinajstić information content (AvgIpc) is 2.44. The number of ether oxygens (including phenoxy) is 1. The molecular formula is C15H13BrF2O2. The van der Waals surface area contributed by atoms with Gasteiger partial charge in [-0.2, -0.15) is 0 Å². The molecule has 0 bridgehead atoms. The van der Waals surface area contributed by atoms with Crippen molar-refractivity contribution < 1.29 is 18.6 Å². The van der Waals surface area contributed by atoms with Crippen molar-refractivity contribution in [3.63, 3.8) is 0 Å². The topological polar surface area (TPSA) is 29.5 Å². The molecule has 0 aliphatic carbocycles. The summed E-state index contributed by atoms with van der Waals surface area (Å²) in [5, 5.41) is 10.1. The summed E-state index contributed by atoms with van der Waals surface area (Å²) >= 11 is 2.98. The number of aliphatic hydroxyl groups is 1. The van der Waals surface area contributed by atoms with Crippen molar-refractivity contribution in [2.75, 3.05) is 7.11 Å². The normalized spacial score (nSPS) is 12.2. The predicted octanol–water partition coefficient (Wildman–Crippen LogP) is 4.01. The summed E-state index contributed by atoms with van der Waals surface area (Å²) in [6, 6.07) is 9.43. The first kappa shape index (κ1) is 14.9. The Morgan fingerprint density at radius 2 is 1.90 bits per heavy atom. The fourth-order valence-electron chi connectivity index (χ4n) is 2.03. The number of para-hydroxylation sites is 1. The lowest BCUT2D eigenvalue weighted by atomic mass is 10.00. The van der Waals surface area contributed by atoms with Crippen molar-refractivity contribution >= 4 is 15.9 Å². The molecule has 1 atom stereocenters. The maximum atomic E-state index is 13.9. The average molecular weight is 343 g/mol. The van der Waals surface area contributed by atoms with Gasteiger partial charge in [-0.3, -0.25) is 0 Å². The minimum absolute atomic E-state index is 0.0638. The largest absolute Gasteiger partial charge is 0.496 e. The van der Waals surface area contributed by atoms with Crippen molar-refractivity contribution in [3.8, 4) is 5.75 Å². The van der Waals surface area contributed by atoms with E-state index in [1.54, 1.807) is 24.3 Å². The Balaban J connectivity index is 2.33. The maximum absolute atomic E-state index is 13.9. The molecule has 1 N–H and O–H groups in total. The van der Waals surface area contributed by atoms with Crippen molar-refractivity contribution in [1.29, 1.82) is 0 Å². The van der Waals surface area contributed by atoms with Gasteiger partial charge in [0.05, 0.1) is 23.2 Å². The summed E-state index contributed by atoms with van der Waals surface area (Å²) in [5.74, 6) is -0.983. The summed E-state index contributed by atoms with van der Waals surface area (Å²) in [6.45, 7) is 0. The van der Waals surface area contributed by atoms with Crippen LogP contribution in [0.5, 0.6) is 5.75 Å². The van der Waals surface area contributed by atoms with Gasteiger partial charge >= 0.3 is 0 Å². The van der Waals surface area contributed by atoms with E-state index in [-0.39, 0.29) is 16.5 Å². The molecule has 0 fully saturated rings. The van der Waals surface area contributed by atoms with Gasteiger partial charge < -0.3 is 9.84 Å². The zero-order valence-corrected chi connectivity index (χ0v) is 12.3. The predicted molar refractivity (Wildman–Crippen MR) is 75.7 cm³/mol. The van der Waals surface area contributed by atoms with Gasteiger partial charge in [-0.05, 0) is 39.7 Å². The molecule has 20 heavy (non-hydrogen) atoms. The highest BCUT2D eigenvalue weighted by molar-refractivity contribution is 9.10. The van der Waals surface area contributed by atoms with Crippen LogP contribution in [0, 0.1) is 11.6 Å². The van der Waals surface area contributed by atoms with Crippen LogP contribution in [0.1, 0.15) is 17.2 Å². The Hall–Kier alpha value is -1.46. The fraction of sp³-hybridized carbons (Fsp3) is 0.200. The summed E-state index contributed by atoms with van der Waals surface area (Å²) in [6.07, 6.45) is -1.22. The molecule has 2 nitrogen and oxygen atoms in total. The van der Waals surface area contributed by atoms with E-state index in [1.165, 1.54) is 13.2 Å². The molecule has 1 unspecified atom stereocenters. The first-order chi connectivity index (χ1) is 9.54. The zero-order valence-electron chi connectivity index (χ0n) is 10.7. The van der Waals surface area contributed by atoms with Crippen molar-refractivity contribution in [1.82, 2.24) is 0 Å². The Kier molecular flexibility index (Phi) is 4.73. The minimum Gasteiger partial charge on any atom is -0.496 e. The molecule has 0 heterocycles. The van der Waals surface area contributed by atoms with Gasteiger partial charge in [0, 0.05) is 6.42 Å². The number of halogens is 3. The van der Waals surface area contributed by atoms with E-state index in [2.05, 4.69) is 15.9 Å². The Morgan fingerprint density at radius 1 is 1.20 bits per heavy atom. The lowest BCUT2D eigenvalue weighted by molar-refractivity contribution is 0.167. The molecule has 2 aromatic rings. The van der Waals surface area contributed by atoms with E-state index in [0.717, 1.165) is 6.07 Å². The van der Waals surface area contributed by atoms with Crippen LogP contribution in [0.15, 0.2) is 40.9 Å². The lowest BCUT2D eigenvalue weighted by Crippen LogP contribution is -2.08. The number of hydrogen-bond acceptors (Lipinski definition) is 2. The number of hydrogen-bond donors (Lipinski definition) is 1. The molecule has 0 radical (unpaired) electrons. The third-order valence-corrected chi connectivity index (χ3v) is 3.63. The van der Waals surface area contributed by atoms with Gasteiger partial charge in [0.2, 0.25) is 0 Å². The third kappa shape index (κ3) is 2.99. The van der Waals surface area contributed by atoms with Gasteiger partial charge in [-0.25, -0.2) is 8.78 Å². The molecule has 0 spiro atoms. The monoisotopic (exact) mass is 342 g/mol. The number of aliphatic hydroxyl groups excluding tert-OH is 1. The van der Waals surface area contributed by atoms with Gasteiger partial charge in [-0.1, -0.05) is 18.2 Å². The van der Waals surface area contributed by atoms with Crippen LogP contribution in [0.25, 0.3) is 0 Å². The zero-order chi connectivity index (χ0) is 14.7. The third-order valence-electron chi connectivity index (χ3n) is 3.02. The molecule has 0 aliphatic rings. The molecule has 0 amide bonds. The number of methoxy groups -OCH3 is 1. The molecule has 106 valence electrons. The summed E-state index contributed by atoms with van der Waals surface area (Å²) < 4.78 is 32.9. The summed E-state index contributed by atoms with van der Waals surface area (Å²) in [7, 11) is 1.51. The van der Waals surface area contributed by atoms with Crippen LogP contribution in [0.3, 0.4) is 0 Å². The molecule has 5 heteroatoms. The van der Waals surface area contributed by atoms with Gasteiger partial charge in [0.25, 0.3) is 0 Å². The van der Waals surface area contributed by atoms with E-state index in [0.29, 0.717) is 11.3 Å². The quantitative estimate of drug-likeness (QED) is 0.850. The second-order valence-corrected chi connectivity index (χ2v) is 5.14.